The van der Waals surface area contributed by atoms with Gasteiger partial charge in [0.05, 0.1) is 6.54 Å². The van der Waals surface area contributed by atoms with Crippen molar-refractivity contribution in [3.63, 3.8) is 0 Å². The van der Waals surface area contributed by atoms with Crippen LogP contribution in [0.25, 0.3) is 0 Å². The van der Waals surface area contributed by atoms with Gasteiger partial charge in [0.1, 0.15) is 11.6 Å². The minimum absolute atomic E-state index is 0.108. The van der Waals surface area contributed by atoms with Gasteiger partial charge in [-0.15, -0.1) is 0 Å². The van der Waals surface area contributed by atoms with Crippen LogP contribution in [0.3, 0.4) is 0 Å². The van der Waals surface area contributed by atoms with E-state index < -0.39 is 5.91 Å². The molecule has 7 heteroatoms. The number of hydrogen-bond donors (Lipinski definition) is 2. The maximum atomic E-state index is 13.4. The Balaban J connectivity index is 1.71. The largest absolute Gasteiger partial charge is 0.360 e. The zero-order chi connectivity index (χ0) is 15.9. The second-order valence-corrected chi connectivity index (χ2v) is 4.74. The molecule has 2 aromatic rings. The summed E-state index contributed by atoms with van der Waals surface area (Å²) in [5, 5.41) is 8.56. The van der Waals surface area contributed by atoms with Gasteiger partial charge in [0.2, 0.25) is 11.8 Å². The van der Waals surface area contributed by atoms with E-state index in [9.17, 15) is 14.0 Å². The zero-order valence-electron chi connectivity index (χ0n) is 12.1. The van der Waals surface area contributed by atoms with Crippen LogP contribution in [0.4, 0.5) is 10.2 Å². The van der Waals surface area contributed by atoms with Gasteiger partial charge in [-0.05, 0) is 25.0 Å². The number of nitrogens with one attached hydrogen (secondary N) is 2. The molecule has 0 saturated heterocycles. The quantitative estimate of drug-likeness (QED) is 0.852. The third-order valence-corrected chi connectivity index (χ3v) is 2.92. The van der Waals surface area contributed by atoms with E-state index >= 15 is 0 Å². The number of carbonyl (C=O) groups is 2. The average Bonchev–Trinajstić information content (AvgIpc) is 2.89. The Morgan fingerprint density at radius 3 is 2.73 bits per heavy atom. The Morgan fingerprint density at radius 1 is 1.27 bits per heavy atom. The Bertz CT molecular complexity index is 670. The smallest absolute Gasteiger partial charge is 0.245 e. The lowest BCUT2D eigenvalue weighted by molar-refractivity contribution is -0.124. The Morgan fingerprint density at radius 2 is 2.05 bits per heavy atom. The molecule has 0 aliphatic heterocycles. The highest BCUT2D eigenvalue weighted by Crippen LogP contribution is 2.09. The van der Waals surface area contributed by atoms with Gasteiger partial charge < -0.3 is 15.2 Å². The number of hydrogen-bond acceptors (Lipinski definition) is 4. The predicted molar refractivity (Wildman–Crippen MR) is 77.6 cm³/mol. The maximum absolute atomic E-state index is 13.4. The summed E-state index contributed by atoms with van der Waals surface area (Å²) < 4.78 is 18.2. The molecule has 0 atom stereocenters. The first kappa shape index (κ1) is 15.7. The van der Waals surface area contributed by atoms with Crippen molar-refractivity contribution >= 4 is 17.6 Å². The van der Waals surface area contributed by atoms with Gasteiger partial charge in [-0.25, -0.2) is 4.39 Å². The van der Waals surface area contributed by atoms with Gasteiger partial charge in [-0.1, -0.05) is 23.4 Å². The summed E-state index contributed by atoms with van der Waals surface area (Å²) in [6, 6.07) is 7.85. The SMILES string of the molecule is Cc1cc(NC(=O)CNC(=O)CCc2ccccc2F)no1. The van der Waals surface area contributed by atoms with Crippen LogP contribution in [-0.2, 0) is 16.0 Å². The molecular formula is C15H16FN3O3. The van der Waals surface area contributed by atoms with Crippen molar-refractivity contribution in [2.45, 2.75) is 19.8 Å². The molecule has 2 N–H and O–H groups in total. The Labute approximate surface area is 126 Å². The first-order valence-electron chi connectivity index (χ1n) is 6.78. The van der Waals surface area contributed by atoms with Crippen LogP contribution >= 0.6 is 0 Å². The molecular weight excluding hydrogens is 289 g/mol. The van der Waals surface area contributed by atoms with Crippen molar-refractivity contribution in [3.8, 4) is 0 Å². The highest BCUT2D eigenvalue weighted by molar-refractivity contribution is 5.93. The van der Waals surface area contributed by atoms with Crippen LogP contribution in [-0.4, -0.2) is 23.5 Å². The van der Waals surface area contributed by atoms with Crippen LogP contribution in [0, 0.1) is 12.7 Å². The number of rotatable bonds is 6. The summed E-state index contributed by atoms with van der Waals surface area (Å²) in [6.45, 7) is 1.52. The number of aryl methyl sites for hydroxylation is 2. The molecule has 2 amide bonds. The van der Waals surface area contributed by atoms with Crippen molar-refractivity contribution in [3.05, 3.63) is 47.5 Å². The van der Waals surface area contributed by atoms with Crippen LogP contribution in [0.1, 0.15) is 17.7 Å². The van der Waals surface area contributed by atoms with E-state index in [-0.39, 0.29) is 31.1 Å². The van der Waals surface area contributed by atoms with Crippen molar-refractivity contribution in [2.75, 3.05) is 11.9 Å². The summed E-state index contributed by atoms with van der Waals surface area (Å²) in [4.78, 5) is 23.2. The van der Waals surface area contributed by atoms with Crippen molar-refractivity contribution in [1.82, 2.24) is 10.5 Å². The average molecular weight is 305 g/mol. The van der Waals surface area contributed by atoms with Crippen LogP contribution in [0.5, 0.6) is 0 Å². The molecule has 1 heterocycles. The Hall–Kier alpha value is -2.70. The summed E-state index contributed by atoms with van der Waals surface area (Å²) in [5.41, 5.74) is 0.472. The lowest BCUT2D eigenvalue weighted by atomic mass is 10.1. The topological polar surface area (TPSA) is 84.2 Å². The molecule has 0 radical (unpaired) electrons. The standard InChI is InChI=1S/C15H16FN3O3/c1-10-8-13(19-22-10)18-15(21)9-17-14(20)7-6-11-4-2-3-5-12(11)16/h2-5,8H,6-7,9H2,1H3,(H,17,20)(H,18,19,21). The first-order valence-corrected chi connectivity index (χ1v) is 6.78. The third-order valence-electron chi connectivity index (χ3n) is 2.92. The molecule has 22 heavy (non-hydrogen) atoms. The minimum atomic E-state index is -0.410. The molecule has 6 nitrogen and oxygen atoms in total. The maximum Gasteiger partial charge on any atom is 0.245 e. The van der Waals surface area contributed by atoms with E-state index in [1.807, 2.05) is 0 Å². The number of carbonyl (C=O) groups excluding carboxylic acids is 2. The number of amides is 2. The van der Waals surface area contributed by atoms with E-state index in [0.29, 0.717) is 17.1 Å². The molecule has 1 aromatic heterocycles. The highest BCUT2D eigenvalue weighted by atomic mass is 19.1. The third kappa shape index (κ3) is 4.69. The van der Waals surface area contributed by atoms with E-state index in [1.165, 1.54) is 6.07 Å². The van der Waals surface area contributed by atoms with E-state index in [1.54, 1.807) is 31.2 Å². The van der Waals surface area contributed by atoms with Crippen molar-refractivity contribution in [2.24, 2.45) is 0 Å². The number of aromatic nitrogens is 1. The van der Waals surface area contributed by atoms with Gasteiger partial charge in [-0.3, -0.25) is 9.59 Å². The normalized spacial score (nSPS) is 10.3. The first-order chi connectivity index (χ1) is 10.5. The van der Waals surface area contributed by atoms with Gasteiger partial charge in [-0.2, -0.15) is 0 Å². The van der Waals surface area contributed by atoms with Crippen LogP contribution in [0.2, 0.25) is 0 Å². The molecule has 2 rings (SSSR count). The molecule has 0 spiro atoms. The molecule has 0 aliphatic carbocycles. The fourth-order valence-electron chi connectivity index (χ4n) is 1.83. The lowest BCUT2D eigenvalue weighted by Crippen LogP contribution is -2.33. The number of halogens is 1. The number of benzene rings is 1. The van der Waals surface area contributed by atoms with Crippen LogP contribution < -0.4 is 10.6 Å². The summed E-state index contributed by atoms with van der Waals surface area (Å²) >= 11 is 0. The molecule has 0 unspecified atom stereocenters. The molecule has 116 valence electrons. The number of anilines is 1. The van der Waals surface area contributed by atoms with Crippen LogP contribution in [0.15, 0.2) is 34.9 Å². The van der Waals surface area contributed by atoms with Gasteiger partial charge in [0.25, 0.3) is 0 Å². The fraction of sp³-hybridized carbons (Fsp3) is 0.267. The second-order valence-electron chi connectivity index (χ2n) is 4.74. The van der Waals surface area contributed by atoms with Gasteiger partial charge in [0.15, 0.2) is 5.82 Å². The van der Waals surface area contributed by atoms with Crippen molar-refractivity contribution in [1.29, 1.82) is 0 Å². The predicted octanol–water partition coefficient (Wildman–Crippen LogP) is 1.81. The molecule has 0 fully saturated rings. The lowest BCUT2D eigenvalue weighted by Gasteiger charge is -2.05. The van der Waals surface area contributed by atoms with E-state index in [0.717, 1.165) is 0 Å². The summed E-state index contributed by atoms with van der Waals surface area (Å²) in [6.07, 6.45) is 0.389. The minimum Gasteiger partial charge on any atom is -0.360 e. The van der Waals surface area contributed by atoms with Crippen molar-refractivity contribution < 1.29 is 18.5 Å². The highest BCUT2D eigenvalue weighted by Gasteiger charge is 2.09. The second kappa shape index (κ2) is 7.35. The molecule has 0 saturated carbocycles. The summed E-state index contributed by atoms with van der Waals surface area (Å²) in [5.74, 6) is -0.205. The molecule has 0 aliphatic rings. The van der Waals surface area contributed by atoms with E-state index in [4.69, 9.17) is 4.52 Å². The molecule has 0 bridgehead atoms. The summed E-state index contributed by atoms with van der Waals surface area (Å²) in [7, 11) is 0. The van der Waals surface area contributed by atoms with E-state index in [2.05, 4.69) is 15.8 Å². The monoisotopic (exact) mass is 305 g/mol. The number of nitrogens with zero attached hydrogens (tertiary/aromatic N) is 1. The zero-order valence-corrected chi connectivity index (χ0v) is 12.1. The van der Waals surface area contributed by atoms with Gasteiger partial charge >= 0.3 is 0 Å². The Kier molecular flexibility index (Phi) is 5.24. The van der Waals surface area contributed by atoms with Gasteiger partial charge in [0, 0.05) is 12.5 Å². The molecule has 1 aromatic carbocycles. The fourth-order valence-corrected chi connectivity index (χ4v) is 1.83.